The summed E-state index contributed by atoms with van der Waals surface area (Å²) < 4.78 is 5.67. The minimum atomic E-state index is -0.541. The van der Waals surface area contributed by atoms with Gasteiger partial charge in [-0.15, -0.1) is 0 Å². The van der Waals surface area contributed by atoms with Crippen molar-refractivity contribution in [3.63, 3.8) is 0 Å². The Morgan fingerprint density at radius 3 is 2.65 bits per heavy atom. The SMILES string of the molecule is CN(C)C(=O)c1cccc(NC(=O)[C@@H]2Cc3ccccc3O2)c1. The molecule has 118 valence electrons. The van der Waals surface area contributed by atoms with Gasteiger partial charge in [-0.3, -0.25) is 9.59 Å². The quantitative estimate of drug-likeness (QED) is 0.946. The highest BCUT2D eigenvalue weighted by molar-refractivity contribution is 5.98. The highest BCUT2D eigenvalue weighted by atomic mass is 16.5. The Hall–Kier alpha value is -2.82. The highest BCUT2D eigenvalue weighted by Gasteiger charge is 2.28. The van der Waals surface area contributed by atoms with Crippen molar-refractivity contribution in [3.8, 4) is 5.75 Å². The van der Waals surface area contributed by atoms with Crippen LogP contribution in [0.4, 0.5) is 5.69 Å². The molecule has 1 atom stereocenters. The third kappa shape index (κ3) is 3.18. The van der Waals surface area contributed by atoms with E-state index < -0.39 is 6.10 Å². The molecular weight excluding hydrogens is 292 g/mol. The second-order valence-electron chi connectivity index (χ2n) is 5.69. The van der Waals surface area contributed by atoms with Crippen molar-refractivity contribution in [2.45, 2.75) is 12.5 Å². The first-order chi connectivity index (χ1) is 11.0. The van der Waals surface area contributed by atoms with Crippen molar-refractivity contribution >= 4 is 17.5 Å². The molecule has 23 heavy (non-hydrogen) atoms. The summed E-state index contributed by atoms with van der Waals surface area (Å²) in [4.78, 5) is 25.8. The zero-order valence-corrected chi connectivity index (χ0v) is 13.1. The van der Waals surface area contributed by atoms with Gasteiger partial charge in [0.1, 0.15) is 5.75 Å². The molecule has 1 aliphatic rings. The fraction of sp³-hybridized carbons (Fsp3) is 0.222. The van der Waals surface area contributed by atoms with E-state index >= 15 is 0 Å². The number of hydrogen-bond donors (Lipinski definition) is 1. The van der Waals surface area contributed by atoms with Gasteiger partial charge < -0.3 is 15.0 Å². The maximum absolute atomic E-state index is 12.4. The van der Waals surface area contributed by atoms with Crippen LogP contribution in [0.15, 0.2) is 48.5 Å². The van der Waals surface area contributed by atoms with Gasteiger partial charge in [0.2, 0.25) is 0 Å². The maximum atomic E-state index is 12.4. The van der Waals surface area contributed by atoms with E-state index in [1.165, 1.54) is 4.90 Å². The summed E-state index contributed by atoms with van der Waals surface area (Å²) >= 11 is 0. The molecular formula is C18H18N2O3. The number of ether oxygens (including phenoxy) is 1. The van der Waals surface area contributed by atoms with Crippen molar-refractivity contribution in [2.75, 3.05) is 19.4 Å². The molecule has 0 saturated carbocycles. The Bertz CT molecular complexity index is 730. The molecule has 0 fully saturated rings. The van der Waals surface area contributed by atoms with Crippen molar-refractivity contribution in [1.29, 1.82) is 0 Å². The molecule has 0 unspecified atom stereocenters. The molecule has 1 heterocycles. The molecule has 2 aromatic rings. The number of nitrogens with zero attached hydrogens (tertiary/aromatic N) is 1. The van der Waals surface area contributed by atoms with Crippen LogP contribution >= 0.6 is 0 Å². The Morgan fingerprint density at radius 1 is 1.13 bits per heavy atom. The average Bonchev–Trinajstić information content (AvgIpc) is 2.98. The molecule has 1 aliphatic heterocycles. The minimum absolute atomic E-state index is 0.106. The molecule has 0 aromatic heterocycles. The third-order valence-corrected chi connectivity index (χ3v) is 3.72. The van der Waals surface area contributed by atoms with Crippen LogP contribution in [0, 0.1) is 0 Å². The van der Waals surface area contributed by atoms with Crippen LogP contribution in [0.25, 0.3) is 0 Å². The molecule has 0 bridgehead atoms. The van der Waals surface area contributed by atoms with Crippen LogP contribution in [0.3, 0.4) is 0 Å². The number of carbonyl (C=O) groups excluding carboxylic acids is 2. The molecule has 2 aromatic carbocycles. The van der Waals surface area contributed by atoms with E-state index in [9.17, 15) is 9.59 Å². The van der Waals surface area contributed by atoms with Crippen LogP contribution in [-0.4, -0.2) is 36.9 Å². The molecule has 0 spiro atoms. The van der Waals surface area contributed by atoms with Crippen LogP contribution in [0.1, 0.15) is 15.9 Å². The van der Waals surface area contributed by atoms with E-state index in [1.807, 2.05) is 24.3 Å². The van der Waals surface area contributed by atoms with Gasteiger partial charge in [0.15, 0.2) is 6.10 Å². The minimum Gasteiger partial charge on any atom is -0.480 e. The van der Waals surface area contributed by atoms with Gasteiger partial charge in [-0.05, 0) is 29.8 Å². The number of carbonyl (C=O) groups is 2. The first-order valence-corrected chi connectivity index (χ1v) is 7.42. The normalized spacial score (nSPS) is 15.5. The van der Waals surface area contributed by atoms with E-state index in [1.54, 1.807) is 38.4 Å². The van der Waals surface area contributed by atoms with Gasteiger partial charge in [-0.1, -0.05) is 24.3 Å². The highest BCUT2D eigenvalue weighted by Crippen LogP contribution is 2.28. The lowest BCUT2D eigenvalue weighted by Crippen LogP contribution is -2.31. The number of anilines is 1. The summed E-state index contributed by atoms with van der Waals surface area (Å²) in [6.45, 7) is 0. The first-order valence-electron chi connectivity index (χ1n) is 7.42. The number of nitrogens with one attached hydrogen (secondary N) is 1. The number of fused-ring (bicyclic) bond motifs is 1. The molecule has 5 nitrogen and oxygen atoms in total. The smallest absolute Gasteiger partial charge is 0.265 e. The van der Waals surface area contributed by atoms with Crippen molar-refractivity contribution in [2.24, 2.45) is 0 Å². The summed E-state index contributed by atoms with van der Waals surface area (Å²) in [5, 5.41) is 2.82. The average molecular weight is 310 g/mol. The van der Waals surface area contributed by atoms with Gasteiger partial charge >= 0.3 is 0 Å². The van der Waals surface area contributed by atoms with Crippen LogP contribution in [-0.2, 0) is 11.2 Å². The lowest BCUT2D eigenvalue weighted by Gasteiger charge is -2.13. The number of benzene rings is 2. The first kappa shape index (κ1) is 15.1. The van der Waals surface area contributed by atoms with Gasteiger partial charge in [-0.2, -0.15) is 0 Å². The molecule has 1 N–H and O–H groups in total. The monoisotopic (exact) mass is 310 g/mol. The molecule has 2 amide bonds. The number of hydrogen-bond acceptors (Lipinski definition) is 3. The molecule has 0 radical (unpaired) electrons. The second kappa shape index (κ2) is 6.12. The molecule has 0 saturated heterocycles. The zero-order valence-electron chi connectivity index (χ0n) is 13.1. The maximum Gasteiger partial charge on any atom is 0.265 e. The molecule has 3 rings (SSSR count). The van der Waals surface area contributed by atoms with Gasteiger partial charge in [0, 0.05) is 31.8 Å². The summed E-state index contributed by atoms with van der Waals surface area (Å²) in [7, 11) is 3.38. The number of rotatable bonds is 3. The lowest BCUT2D eigenvalue weighted by molar-refractivity contribution is -0.122. The van der Waals surface area contributed by atoms with E-state index in [0.29, 0.717) is 17.7 Å². The summed E-state index contributed by atoms with van der Waals surface area (Å²) in [6, 6.07) is 14.5. The fourth-order valence-corrected chi connectivity index (χ4v) is 2.54. The Balaban J connectivity index is 1.70. The zero-order chi connectivity index (χ0) is 16.4. The predicted molar refractivity (Wildman–Crippen MR) is 87.7 cm³/mol. The van der Waals surface area contributed by atoms with E-state index in [-0.39, 0.29) is 11.8 Å². The van der Waals surface area contributed by atoms with Crippen molar-refractivity contribution < 1.29 is 14.3 Å². The Labute approximate surface area is 134 Å². The number of para-hydroxylation sites is 1. The van der Waals surface area contributed by atoms with Crippen molar-refractivity contribution in [3.05, 3.63) is 59.7 Å². The lowest BCUT2D eigenvalue weighted by atomic mass is 10.1. The van der Waals surface area contributed by atoms with Crippen LogP contribution in [0.2, 0.25) is 0 Å². The largest absolute Gasteiger partial charge is 0.480 e. The standard InChI is InChI=1S/C18H18N2O3/c1-20(2)18(22)13-7-5-8-14(10-13)19-17(21)16-11-12-6-3-4-9-15(12)23-16/h3-10,16H,11H2,1-2H3,(H,19,21)/t16-/m0/s1. The van der Waals surface area contributed by atoms with Crippen LogP contribution < -0.4 is 10.1 Å². The van der Waals surface area contributed by atoms with Gasteiger partial charge in [0.25, 0.3) is 11.8 Å². The second-order valence-corrected chi connectivity index (χ2v) is 5.69. The molecule has 0 aliphatic carbocycles. The number of amides is 2. The van der Waals surface area contributed by atoms with E-state index in [2.05, 4.69) is 5.32 Å². The topological polar surface area (TPSA) is 58.6 Å². The third-order valence-electron chi connectivity index (χ3n) is 3.72. The summed E-state index contributed by atoms with van der Waals surface area (Å²) in [6.07, 6.45) is 0.0128. The van der Waals surface area contributed by atoms with Gasteiger partial charge in [0.05, 0.1) is 0 Å². The van der Waals surface area contributed by atoms with Crippen molar-refractivity contribution in [1.82, 2.24) is 4.90 Å². The van der Waals surface area contributed by atoms with Gasteiger partial charge in [-0.25, -0.2) is 0 Å². The van der Waals surface area contributed by atoms with E-state index in [4.69, 9.17) is 4.74 Å². The Kier molecular flexibility index (Phi) is 4.02. The molecule has 5 heteroatoms. The Morgan fingerprint density at radius 2 is 1.91 bits per heavy atom. The van der Waals surface area contributed by atoms with E-state index in [0.717, 1.165) is 11.3 Å². The summed E-state index contributed by atoms with van der Waals surface area (Å²) in [5.74, 6) is 0.436. The van der Waals surface area contributed by atoms with Crippen LogP contribution in [0.5, 0.6) is 5.75 Å². The fourth-order valence-electron chi connectivity index (χ4n) is 2.54. The predicted octanol–water partition coefficient (Wildman–Crippen LogP) is 2.33. The summed E-state index contributed by atoms with van der Waals surface area (Å²) in [5.41, 5.74) is 2.15.